The van der Waals surface area contributed by atoms with Crippen LogP contribution in [-0.4, -0.2) is 29.6 Å². The van der Waals surface area contributed by atoms with Crippen molar-refractivity contribution in [3.05, 3.63) is 66.2 Å². The highest BCUT2D eigenvalue weighted by Crippen LogP contribution is 2.33. The van der Waals surface area contributed by atoms with E-state index in [4.69, 9.17) is 4.84 Å². The number of ketones is 1. The number of anilines is 1. The number of aliphatic hydroxyl groups excluding tert-OH is 1. The standard InChI is InChI=1S/C18H19NO3/c1-13-16(12-20)22-19(15-10-6-3-7-11-15)17(13)18(21)14-8-4-2-5-9-14/h2-11,13,16-17,20H,12H2,1H3/t13-,16-,17-/m1/s1. The molecular weight excluding hydrogens is 278 g/mol. The second kappa shape index (κ2) is 6.30. The summed E-state index contributed by atoms with van der Waals surface area (Å²) < 4.78 is 0. The number of benzene rings is 2. The quantitative estimate of drug-likeness (QED) is 0.882. The van der Waals surface area contributed by atoms with E-state index in [1.54, 1.807) is 5.06 Å². The molecule has 1 heterocycles. The molecule has 0 bridgehead atoms. The van der Waals surface area contributed by atoms with Crippen LogP contribution >= 0.6 is 0 Å². The normalized spacial score (nSPS) is 24.5. The van der Waals surface area contributed by atoms with Crippen LogP contribution in [0.15, 0.2) is 60.7 Å². The highest BCUT2D eigenvalue weighted by Gasteiger charge is 2.44. The first-order valence-corrected chi connectivity index (χ1v) is 7.43. The van der Waals surface area contributed by atoms with Crippen molar-refractivity contribution in [1.29, 1.82) is 0 Å². The second-order valence-corrected chi connectivity index (χ2v) is 5.52. The van der Waals surface area contributed by atoms with Gasteiger partial charge in [0, 0.05) is 11.5 Å². The van der Waals surface area contributed by atoms with Gasteiger partial charge in [-0.3, -0.25) is 9.63 Å². The van der Waals surface area contributed by atoms with Gasteiger partial charge in [0.25, 0.3) is 0 Å². The minimum Gasteiger partial charge on any atom is -0.394 e. The molecule has 3 atom stereocenters. The number of hydrogen-bond acceptors (Lipinski definition) is 4. The van der Waals surface area contributed by atoms with Crippen molar-refractivity contribution in [3.8, 4) is 0 Å². The molecule has 0 amide bonds. The van der Waals surface area contributed by atoms with Crippen LogP contribution in [0.5, 0.6) is 0 Å². The van der Waals surface area contributed by atoms with E-state index in [1.807, 2.05) is 67.6 Å². The Morgan fingerprint density at radius 3 is 2.27 bits per heavy atom. The second-order valence-electron chi connectivity index (χ2n) is 5.52. The highest BCUT2D eigenvalue weighted by atomic mass is 16.7. The van der Waals surface area contributed by atoms with Gasteiger partial charge in [-0.1, -0.05) is 55.5 Å². The number of para-hydroxylation sites is 1. The fourth-order valence-corrected chi connectivity index (χ4v) is 2.84. The van der Waals surface area contributed by atoms with Crippen LogP contribution in [0.1, 0.15) is 17.3 Å². The molecule has 0 aliphatic carbocycles. The molecule has 3 rings (SSSR count). The number of hydrogen-bond donors (Lipinski definition) is 1. The Kier molecular flexibility index (Phi) is 4.22. The van der Waals surface area contributed by atoms with Gasteiger partial charge in [0.1, 0.15) is 12.1 Å². The van der Waals surface area contributed by atoms with Crippen LogP contribution in [0, 0.1) is 5.92 Å². The fraction of sp³-hybridized carbons (Fsp3) is 0.278. The lowest BCUT2D eigenvalue weighted by atomic mass is 9.90. The first-order chi connectivity index (χ1) is 10.7. The van der Waals surface area contributed by atoms with E-state index in [9.17, 15) is 9.90 Å². The molecule has 1 aliphatic rings. The Bertz CT molecular complexity index is 629. The zero-order valence-electron chi connectivity index (χ0n) is 12.4. The number of rotatable bonds is 4. The van der Waals surface area contributed by atoms with Gasteiger partial charge in [0.05, 0.1) is 12.3 Å². The average molecular weight is 297 g/mol. The van der Waals surface area contributed by atoms with Crippen molar-refractivity contribution in [2.24, 2.45) is 5.92 Å². The summed E-state index contributed by atoms with van der Waals surface area (Å²) in [6, 6.07) is 18.3. The molecule has 1 aliphatic heterocycles. The Morgan fingerprint density at radius 2 is 1.68 bits per heavy atom. The molecule has 2 aromatic carbocycles. The molecule has 1 fully saturated rings. The van der Waals surface area contributed by atoms with Gasteiger partial charge >= 0.3 is 0 Å². The Morgan fingerprint density at radius 1 is 1.09 bits per heavy atom. The maximum Gasteiger partial charge on any atom is 0.188 e. The number of carbonyl (C=O) groups is 1. The summed E-state index contributed by atoms with van der Waals surface area (Å²) >= 11 is 0. The van der Waals surface area contributed by atoms with E-state index in [0.717, 1.165) is 5.69 Å². The fourth-order valence-electron chi connectivity index (χ4n) is 2.84. The number of hydroxylamine groups is 1. The molecule has 114 valence electrons. The lowest BCUT2D eigenvalue weighted by Crippen LogP contribution is -2.39. The van der Waals surface area contributed by atoms with Crippen molar-refractivity contribution in [2.75, 3.05) is 11.7 Å². The monoisotopic (exact) mass is 297 g/mol. The van der Waals surface area contributed by atoms with Crippen molar-refractivity contribution < 1.29 is 14.7 Å². The smallest absolute Gasteiger partial charge is 0.188 e. The summed E-state index contributed by atoms with van der Waals surface area (Å²) in [5, 5.41) is 11.1. The molecule has 0 spiro atoms. The molecule has 0 aromatic heterocycles. The topological polar surface area (TPSA) is 49.8 Å². The predicted octanol–water partition coefficient (Wildman–Crippen LogP) is 2.69. The third-order valence-electron chi connectivity index (χ3n) is 4.10. The van der Waals surface area contributed by atoms with Crippen LogP contribution < -0.4 is 5.06 Å². The Hall–Kier alpha value is -2.17. The zero-order chi connectivity index (χ0) is 15.5. The van der Waals surface area contributed by atoms with Gasteiger partial charge in [-0.15, -0.1) is 0 Å². The number of aliphatic hydroxyl groups is 1. The van der Waals surface area contributed by atoms with Gasteiger partial charge in [-0.2, -0.15) is 0 Å². The summed E-state index contributed by atoms with van der Waals surface area (Å²) in [6.07, 6.45) is -0.377. The number of carbonyl (C=O) groups excluding carboxylic acids is 1. The van der Waals surface area contributed by atoms with E-state index in [-0.39, 0.29) is 24.4 Å². The largest absolute Gasteiger partial charge is 0.394 e. The molecule has 22 heavy (non-hydrogen) atoms. The van der Waals surface area contributed by atoms with E-state index in [1.165, 1.54) is 0 Å². The predicted molar refractivity (Wildman–Crippen MR) is 84.6 cm³/mol. The summed E-state index contributed by atoms with van der Waals surface area (Å²) in [5.41, 5.74) is 1.47. The van der Waals surface area contributed by atoms with Crippen molar-refractivity contribution in [1.82, 2.24) is 0 Å². The first kappa shape index (κ1) is 14.8. The SMILES string of the molecule is C[C@@H]1[C@@H](CO)ON(c2ccccc2)[C@H]1C(=O)c1ccccc1. The Balaban J connectivity index is 1.96. The van der Waals surface area contributed by atoms with Crippen LogP contribution in [0.4, 0.5) is 5.69 Å². The van der Waals surface area contributed by atoms with E-state index >= 15 is 0 Å². The summed E-state index contributed by atoms with van der Waals surface area (Å²) in [6.45, 7) is 1.83. The maximum atomic E-state index is 12.9. The van der Waals surface area contributed by atoms with E-state index in [2.05, 4.69) is 0 Å². The van der Waals surface area contributed by atoms with Crippen molar-refractivity contribution >= 4 is 11.5 Å². The van der Waals surface area contributed by atoms with Gasteiger partial charge in [-0.05, 0) is 12.1 Å². The molecule has 2 aromatic rings. The number of nitrogens with zero attached hydrogens (tertiary/aromatic N) is 1. The van der Waals surface area contributed by atoms with Crippen LogP contribution in [0.25, 0.3) is 0 Å². The molecule has 4 nitrogen and oxygen atoms in total. The first-order valence-electron chi connectivity index (χ1n) is 7.43. The van der Waals surface area contributed by atoms with Crippen molar-refractivity contribution in [3.63, 3.8) is 0 Å². The van der Waals surface area contributed by atoms with Crippen LogP contribution in [-0.2, 0) is 4.84 Å². The lowest BCUT2D eigenvalue weighted by molar-refractivity contribution is 0.0278. The van der Waals surface area contributed by atoms with Crippen LogP contribution in [0.3, 0.4) is 0 Å². The molecule has 0 unspecified atom stereocenters. The zero-order valence-corrected chi connectivity index (χ0v) is 12.4. The number of Topliss-reactive ketones (excluding diaryl/α,β-unsaturated/α-hetero) is 1. The third kappa shape index (κ3) is 2.63. The average Bonchev–Trinajstić information content (AvgIpc) is 2.92. The summed E-state index contributed by atoms with van der Waals surface area (Å²) in [4.78, 5) is 18.7. The molecule has 4 heteroatoms. The lowest BCUT2D eigenvalue weighted by Gasteiger charge is -2.25. The van der Waals surface area contributed by atoms with E-state index in [0.29, 0.717) is 5.56 Å². The Labute approximate surface area is 129 Å². The van der Waals surface area contributed by atoms with Gasteiger partial charge in [-0.25, -0.2) is 5.06 Å². The van der Waals surface area contributed by atoms with Crippen LogP contribution in [0.2, 0.25) is 0 Å². The molecule has 1 saturated heterocycles. The molecule has 0 radical (unpaired) electrons. The van der Waals surface area contributed by atoms with Crippen molar-refractivity contribution in [2.45, 2.75) is 19.1 Å². The molecule has 0 saturated carbocycles. The van der Waals surface area contributed by atoms with E-state index < -0.39 is 6.04 Å². The van der Waals surface area contributed by atoms with Gasteiger partial charge in [0.2, 0.25) is 0 Å². The minimum atomic E-state index is -0.443. The third-order valence-corrected chi connectivity index (χ3v) is 4.10. The van der Waals surface area contributed by atoms with Gasteiger partial charge in [0.15, 0.2) is 5.78 Å². The molecule has 1 N–H and O–H groups in total. The maximum absolute atomic E-state index is 12.9. The highest BCUT2D eigenvalue weighted by molar-refractivity contribution is 6.02. The molecular formula is C18H19NO3. The summed E-state index contributed by atoms with van der Waals surface area (Å²) in [5.74, 6) is -0.0918. The minimum absolute atomic E-state index is 0.00732. The van der Waals surface area contributed by atoms with Gasteiger partial charge < -0.3 is 5.11 Å². The summed E-state index contributed by atoms with van der Waals surface area (Å²) in [7, 11) is 0.